The van der Waals surface area contributed by atoms with Crippen LogP contribution in [0.1, 0.15) is 48.7 Å². The molecular weight excluding hydrogens is 255 g/mol. The number of hydrogen-bond donors (Lipinski definition) is 1. The maximum absolute atomic E-state index is 12.6. The number of rotatable bonds is 3. The van der Waals surface area contributed by atoms with Gasteiger partial charge in [0.25, 0.3) is 5.91 Å². The second-order valence-electron chi connectivity index (χ2n) is 3.78. The number of aryl methyl sites for hydroxylation is 1. The lowest BCUT2D eigenvalue weighted by Crippen LogP contribution is -2.24. The Morgan fingerprint density at radius 1 is 1.26 bits per heavy atom. The van der Waals surface area contributed by atoms with Crippen molar-refractivity contribution in [2.45, 2.75) is 40.3 Å². The first kappa shape index (κ1) is 17.5. The molecular formula is C14H20F3NO. The van der Waals surface area contributed by atoms with Crippen molar-refractivity contribution in [3.8, 4) is 0 Å². The molecule has 0 aliphatic carbocycles. The summed E-state index contributed by atoms with van der Waals surface area (Å²) in [7, 11) is 0. The number of carbonyl (C=O) groups is 1. The van der Waals surface area contributed by atoms with Crippen LogP contribution < -0.4 is 5.32 Å². The maximum atomic E-state index is 12.6. The molecule has 0 heterocycles. The zero-order valence-electron chi connectivity index (χ0n) is 11.7. The first-order valence-electron chi connectivity index (χ1n) is 6.32. The van der Waals surface area contributed by atoms with E-state index < -0.39 is 17.6 Å². The first-order chi connectivity index (χ1) is 8.86. The van der Waals surface area contributed by atoms with E-state index in [1.165, 1.54) is 19.1 Å². The van der Waals surface area contributed by atoms with Crippen molar-refractivity contribution < 1.29 is 18.0 Å². The van der Waals surface area contributed by atoms with E-state index in [1.54, 1.807) is 0 Å². The quantitative estimate of drug-likeness (QED) is 0.881. The van der Waals surface area contributed by atoms with Gasteiger partial charge < -0.3 is 5.32 Å². The molecule has 0 saturated heterocycles. The van der Waals surface area contributed by atoms with Crippen LogP contribution in [0.2, 0.25) is 0 Å². The van der Waals surface area contributed by atoms with Gasteiger partial charge in [0.1, 0.15) is 0 Å². The Morgan fingerprint density at radius 3 is 2.32 bits per heavy atom. The van der Waals surface area contributed by atoms with Gasteiger partial charge in [0.15, 0.2) is 0 Å². The highest BCUT2D eigenvalue weighted by molar-refractivity contribution is 5.94. The minimum absolute atomic E-state index is 0.0383. The second kappa shape index (κ2) is 7.81. The molecule has 0 saturated carbocycles. The minimum Gasteiger partial charge on any atom is -0.352 e. The number of carbonyl (C=O) groups excluding carboxylic acids is 1. The van der Waals surface area contributed by atoms with Crippen LogP contribution in [0, 0.1) is 6.92 Å². The van der Waals surface area contributed by atoms with Crippen molar-refractivity contribution in [1.82, 2.24) is 5.32 Å². The lowest BCUT2D eigenvalue weighted by molar-refractivity contribution is -0.138. The molecule has 1 rings (SSSR count). The molecule has 0 bridgehead atoms. The van der Waals surface area contributed by atoms with Gasteiger partial charge >= 0.3 is 6.18 Å². The maximum Gasteiger partial charge on any atom is 0.416 e. The molecule has 0 atom stereocenters. The van der Waals surface area contributed by atoms with Crippen molar-refractivity contribution in [2.75, 3.05) is 6.54 Å². The molecule has 2 nitrogen and oxygen atoms in total. The lowest BCUT2D eigenvalue weighted by atomic mass is 10.0. The summed E-state index contributed by atoms with van der Waals surface area (Å²) in [6.07, 6.45) is -3.69. The standard InChI is InChI=1S/C12H14F3NO.C2H6/c1-3-6-16-11(17)9-5-4-8(2)10(7-9)12(13,14)15;1-2/h4-5,7H,3,6H2,1-2H3,(H,16,17);1-2H3. The Bertz CT molecular complexity index is 414. The molecule has 0 aliphatic rings. The summed E-state index contributed by atoms with van der Waals surface area (Å²) in [5.41, 5.74) is -0.609. The van der Waals surface area contributed by atoms with Gasteiger partial charge in [-0.05, 0) is 31.0 Å². The molecule has 5 heteroatoms. The summed E-state index contributed by atoms with van der Waals surface area (Å²) >= 11 is 0. The molecule has 0 aromatic heterocycles. The van der Waals surface area contributed by atoms with E-state index in [0.717, 1.165) is 12.5 Å². The van der Waals surface area contributed by atoms with E-state index in [1.807, 2.05) is 20.8 Å². The van der Waals surface area contributed by atoms with Crippen LogP contribution in [0.5, 0.6) is 0 Å². The van der Waals surface area contributed by atoms with E-state index in [0.29, 0.717) is 6.54 Å². The van der Waals surface area contributed by atoms with Crippen molar-refractivity contribution in [3.63, 3.8) is 0 Å². The average molecular weight is 275 g/mol. The molecule has 19 heavy (non-hydrogen) atoms. The SMILES string of the molecule is CC.CCCNC(=O)c1ccc(C)c(C(F)(F)F)c1. The predicted molar refractivity (Wildman–Crippen MR) is 70.2 cm³/mol. The van der Waals surface area contributed by atoms with Gasteiger partial charge in [-0.15, -0.1) is 0 Å². The summed E-state index contributed by atoms with van der Waals surface area (Å²) in [4.78, 5) is 11.5. The van der Waals surface area contributed by atoms with Crippen LogP contribution in [0.15, 0.2) is 18.2 Å². The van der Waals surface area contributed by atoms with Crippen LogP contribution in [-0.2, 0) is 6.18 Å². The van der Waals surface area contributed by atoms with Crippen LogP contribution in [-0.4, -0.2) is 12.5 Å². The number of alkyl halides is 3. The highest BCUT2D eigenvalue weighted by atomic mass is 19.4. The molecule has 1 N–H and O–H groups in total. The van der Waals surface area contributed by atoms with Gasteiger partial charge in [0.05, 0.1) is 5.56 Å². The van der Waals surface area contributed by atoms with E-state index >= 15 is 0 Å². The van der Waals surface area contributed by atoms with E-state index in [2.05, 4.69) is 5.32 Å². The summed E-state index contributed by atoms with van der Waals surface area (Å²) in [5.74, 6) is -0.475. The Hall–Kier alpha value is -1.52. The molecule has 0 radical (unpaired) electrons. The normalized spacial score (nSPS) is 10.5. The van der Waals surface area contributed by atoms with Gasteiger partial charge in [-0.25, -0.2) is 0 Å². The van der Waals surface area contributed by atoms with Crippen LogP contribution in [0.4, 0.5) is 13.2 Å². The molecule has 0 aliphatic heterocycles. The molecule has 1 aromatic carbocycles. The van der Waals surface area contributed by atoms with Crippen LogP contribution in [0.25, 0.3) is 0 Å². The summed E-state index contributed by atoms with van der Waals surface area (Å²) in [5, 5.41) is 2.54. The monoisotopic (exact) mass is 275 g/mol. The van der Waals surface area contributed by atoms with E-state index in [-0.39, 0.29) is 11.1 Å². The molecule has 1 aromatic rings. The third-order valence-electron chi connectivity index (χ3n) is 2.34. The fourth-order valence-electron chi connectivity index (χ4n) is 1.41. The zero-order valence-corrected chi connectivity index (χ0v) is 11.7. The predicted octanol–water partition coefficient (Wildman–Crippen LogP) is 4.18. The van der Waals surface area contributed by atoms with Crippen molar-refractivity contribution in [3.05, 3.63) is 34.9 Å². The Kier molecular flexibility index (Phi) is 7.19. The van der Waals surface area contributed by atoms with Crippen LogP contribution in [0.3, 0.4) is 0 Å². The van der Waals surface area contributed by atoms with Crippen molar-refractivity contribution in [1.29, 1.82) is 0 Å². The average Bonchev–Trinajstić information content (AvgIpc) is 2.37. The van der Waals surface area contributed by atoms with Gasteiger partial charge in [-0.1, -0.05) is 26.8 Å². The largest absolute Gasteiger partial charge is 0.416 e. The summed E-state index contributed by atoms with van der Waals surface area (Å²) in [6.45, 7) is 7.70. The molecule has 1 amide bonds. The second-order valence-corrected chi connectivity index (χ2v) is 3.78. The number of nitrogens with one attached hydrogen (secondary N) is 1. The molecule has 0 spiro atoms. The van der Waals surface area contributed by atoms with Gasteiger partial charge in [-0.3, -0.25) is 4.79 Å². The fraction of sp³-hybridized carbons (Fsp3) is 0.500. The summed E-state index contributed by atoms with van der Waals surface area (Å²) < 4.78 is 37.8. The third kappa shape index (κ3) is 5.32. The fourth-order valence-corrected chi connectivity index (χ4v) is 1.41. The van der Waals surface area contributed by atoms with E-state index in [4.69, 9.17) is 0 Å². The molecule has 108 valence electrons. The topological polar surface area (TPSA) is 29.1 Å². The first-order valence-corrected chi connectivity index (χ1v) is 6.32. The minimum atomic E-state index is -4.43. The number of benzene rings is 1. The Morgan fingerprint density at radius 2 is 1.84 bits per heavy atom. The van der Waals surface area contributed by atoms with Gasteiger partial charge in [-0.2, -0.15) is 13.2 Å². The van der Waals surface area contributed by atoms with Crippen molar-refractivity contribution >= 4 is 5.91 Å². The third-order valence-corrected chi connectivity index (χ3v) is 2.34. The lowest BCUT2D eigenvalue weighted by Gasteiger charge is -2.12. The van der Waals surface area contributed by atoms with Gasteiger partial charge in [0, 0.05) is 12.1 Å². The van der Waals surface area contributed by atoms with E-state index in [9.17, 15) is 18.0 Å². The molecule has 0 unspecified atom stereocenters. The van der Waals surface area contributed by atoms with Gasteiger partial charge in [0.2, 0.25) is 0 Å². The van der Waals surface area contributed by atoms with Crippen molar-refractivity contribution in [2.24, 2.45) is 0 Å². The molecule has 0 fully saturated rings. The zero-order chi connectivity index (χ0) is 15.1. The highest BCUT2D eigenvalue weighted by Gasteiger charge is 2.32. The Labute approximate surface area is 112 Å². The number of halogens is 3. The Balaban J connectivity index is 0.00000154. The number of amides is 1. The summed E-state index contributed by atoms with van der Waals surface area (Å²) in [6, 6.07) is 3.60. The van der Waals surface area contributed by atoms with Crippen LogP contribution >= 0.6 is 0 Å². The highest BCUT2D eigenvalue weighted by Crippen LogP contribution is 2.32. The smallest absolute Gasteiger partial charge is 0.352 e. The number of hydrogen-bond acceptors (Lipinski definition) is 1.